The lowest BCUT2D eigenvalue weighted by Gasteiger charge is -2.06. The number of rotatable bonds is 4. The highest BCUT2D eigenvalue weighted by Crippen LogP contribution is 2.22. The summed E-state index contributed by atoms with van der Waals surface area (Å²) >= 11 is 5.93. The van der Waals surface area contributed by atoms with Gasteiger partial charge in [-0.15, -0.1) is 12.3 Å². The molecule has 3 nitrogen and oxygen atoms in total. The minimum absolute atomic E-state index is 0.362. The van der Waals surface area contributed by atoms with Gasteiger partial charge in [-0.25, -0.2) is 4.98 Å². The van der Waals surface area contributed by atoms with Gasteiger partial charge in [-0.2, -0.15) is 5.26 Å². The van der Waals surface area contributed by atoms with Crippen LogP contribution >= 0.6 is 11.6 Å². The van der Waals surface area contributed by atoms with E-state index in [1.54, 1.807) is 12.3 Å². The molecule has 0 saturated heterocycles. The Hall–Kier alpha value is -1.71. The summed E-state index contributed by atoms with van der Waals surface area (Å²) in [6.07, 6.45) is 8.23. The first-order chi connectivity index (χ1) is 7.29. The van der Waals surface area contributed by atoms with Gasteiger partial charge in [0, 0.05) is 19.2 Å². The summed E-state index contributed by atoms with van der Waals surface area (Å²) < 4.78 is 0. The van der Waals surface area contributed by atoms with E-state index in [-0.39, 0.29) is 0 Å². The van der Waals surface area contributed by atoms with Crippen molar-refractivity contribution in [2.45, 2.75) is 12.8 Å². The molecule has 1 aromatic heterocycles. The number of halogens is 1. The molecule has 0 aliphatic heterocycles. The lowest BCUT2D eigenvalue weighted by atomic mass is 10.3. The first kappa shape index (κ1) is 11.4. The second-order valence-electron chi connectivity index (χ2n) is 2.87. The molecule has 1 heterocycles. The third-order valence-electron chi connectivity index (χ3n) is 1.80. The lowest BCUT2D eigenvalue weighted by Crippen LogP contribution is -2.04. The van der Waals surface area contributed by atoms with Crippen LogP contribution in [-0.2, 0) is 0 Å². The first-order valence-corrected chi connectivity index (χ1v) is 4.89. The van der Waals surface area contributed by atoms with Gasteiger partial charge >= 0.3 is 0 Å². The minimum Gasteiger partial charge on any atom is -0.369 e. The van der Waals surface area contributed by atoms with E-state index in [4.69, 9.17) is 23.3 Å². The van der Waals surface area contributed by atoms with Crippen LogP contribution in [0.2, 0.25) is 5.02 Å². The van der Waals surface area contributed by atoms with Crippen LogP contribution in [0.5, 0.6) is 0 Å². The third-order valence-corrected chi connectivity index (χ3v) is 2.18. The quantitative estimate of drug-likeness (QED) is 0.625. The van der Waals surface area contributed by atoms with Crippen LogP contribution in [0.25, 0.3) is 0 Å². The molecule has 0 fully saturated rings. The number of nitriles is 1. The number of nitrogens with zero attached hydrogens (tertiary/aromatic N) is 2. The monoisotopic (exact) mass is 219 g/mol. The average molecular weight is 220 g/mol. The molecule has 0 unspecified atom stereocenters. The summed E-state index contributed by atoms with van der Waals surface area (Å²) in [7, 11) is 0. The predicted molar refractivity (Wildman–Crippen MR) is 60.5 cm³/mol. The molecule has 0 aliphatic carbocycles. The largest absolute Gasteiger partial charge is 0.369 e. The van der Waals surface area contributed by atoms with Gasteiger partial charge in [-0.05, 0) is 12.5 Å². The van der Waals surface area contributed by atoms with E-state index in [0.717, 1.165) is 6.42 Å². The maximum absolute atomic E-state index is 8.74. The molecule has 4 heteroatoms. The molecule has 0 spiro atoms. The van der Waals surface area contributed by atoms with Gasteiger partial charge < -0.3 is 5.32 Å². The summed E-state index contributed by atoms with van der Waals surface area (Å²) in [5, 5.41) is 12.1. The molecule has 1 aromatic rings. The van der Waals surface area contributed by atoms with Gasteiger partial charge in [0.2, 0.25) is 0 Å². The number of pyridine rings is 1. The number of aromatic nitrogens is 1. The maximum atomic E-state index is 8.74. The number of hydrogen-bond donors (Lipinski definition) is 1. The van der Waals surface area contributed by atoms with Crippen LogP contribution in [0, 0.1) is 23.7 Å². The van der Waals surface area contributed by atoms with Gasteiger partial charge in [-0.1, -0.05) is 11.6 Å². The fraction of sp³-hybridized carbons (Fsp3) is 0.273. The van der Waals surface area contributed by atoms with Crippen LogP contribution in [0.3, 0.4) is 0 Å². The molecule has 0 aromatic carbocycles. The Balaban J connectivity index is 2.63. The highest BCUT2D eigenvalue weighted by atomic mass is 35.5. The maximum Gasteiger partial charge on any atom is 0.146 e. The SMILES string of the molecule is C#CCCCNc1nccc(C#N)c1Cl. The van der Waals surface area contributed by atoms with Crippen molar-refractivity contribution in [1.82, 2.24) is 4.98 Å². The van der Waals surface area contributed by atoms with Crippen LogP contribution in [0.1, 0.15) is 18.4 Å². The molecular formula is C11H10ClN3. The molecule has 76 valence electrons. The van der Waals surface area contributed by atoms with Crippen molar-refractivity contribution in [2.75, 3.05) is 11.9 Å². The first-order valence-electron chi connectivity index (χ1n) is 4.51. The van der Waals surface area contributed by atoms with Crippen LogP contribution in [0.4, 0.5) is 5.82 Å². The Labute approximate surface area is 94.1 Å². The predicted octanol–water partition coefficient (Wildman–Crippen LogP) is 2.43. The number of nitrogens with one attached hydrogen (secondary N) is 1. The summed E-state index contributed by atoms with van der Waals surface area (Å²) in [5.41, 5.74) is 0.422. The lowest BCUT2D eigenvalue weighted by molar-refractivity contribution is 0.901. The zero-order valence-electron chi connectivity index (χ0n) is 8.13. The van der Waals surface area contributed by atoms with Gasteiger partial charge in [0.15, 0.2) is 0 Å². The van der Waals surface area contributed by atoms with E-state index >= 15 is 0 Å². The topological polar surface area (TPSA) is 48.7 Å². The van der Waals surface area contributed by atoms with Gasteiger partial charge in [0.05, 0.1) is 5.56 Å². The van der Waals surface area contributed by atoms with Crippen molar-refractivity contribution in [3.63, 3.8) is 0 Å². The molecular weight excluding hydrogens is 210 g/mol. The summed E-state index contributed by atoms with van der Waals surface area (Å²) in [6, 6.07) is 3.57. The van der Waals surface area contributed by atoms with Crippen molar-refractivity contribution in [2.24, 2.45) is 0 Å². The normalized spacial score (nSPS) is 9.00. The van der Waals surface area contributed by atoms with Crippen molar-refractivity contribution in [1.29, 1.82) is 5.26 Å². The zero-order chi connectivity index (χ0) is 11.1. The fourth-order valence-electron chi connectivity index (χ4n) is 1.05. The minimum atomic E-state index is 0.362. The van der Waals surface area contributed by atoms with E-state index in [1.807, 2.05) is 6.07 Å². The van der Waals surface area contributed by atoms with Gasteiger partial charge in [-0.3, -0.25) is 0 Å². The van der Waals surface area contributed by atoms with Gasteiger partial charge in [0.25, 0.3) is 0 Å². The Kier molecular flexibility index (Phi) is 4.47. The second kappa shape index (κ2) is 5.90. The van der Waals surface area contributed by atoms with Crippen molar-refractivity contribution in [3.8, 4) is 18.4 Å². The molecule has 15 heavy (non-hydrogen) atoms. The smallest absolute Gasteiger partial charge is 0.146 e. The Bertz CT molecular complexity index is 415. The van der Waals surface area contributed by atoms with Crippen LogP contribution in [0.15, 0.2) is 12.3 Å². The highest BCUT2D eigenvalue weighted by Gasteiger charge is 2.05. The van der Waals surface area contributed by atoms with E-state index in [1.165, 1.54) is 0 Å². The molecule has 0 radical (unpaired) electrons. The molecule has 0 atom stereocenters. The molecule has 0 bridgehead atoms. The fourth-order valence-corrected chi connectivity index (χ4v) is 1.27. The van der Waals surface area contributed by atoms with Crippen molar-refractivity contribution in [3.05, 3.63) is 22.8 Å². The highest BCUT2D eigenvalue weighted by molar-refractivity contribution is 6.34. The molecule has 0 aliphatic rings. The summed E-state index contributed by atoms with van der Waals surface area (Å²) in [4.78, 5) is 4.04. The summed E-state index contributed by atoms with van der Waals surface area (Å²) in [5.74, 6) is 3.08. The number of hydrogen-bond acceptors (Lipinski definition) is 3. The van der Waals surface area contributed by atoms with E-state index in [9.17, 15) is 0 Å². The van der Waals surface area contributed by atoms with Crippen LogP contribution in [-0.4, -0.2) is 11.5 Å². The second-order valence-corrected chi connectivity index (χ2v) is 3.25. The molecule has 0 amide bonds. The van der Waals surface area contributed by atoms with Crippen molar-refractivity contribution >= 4 is 17.4 Å². The number of anilines is 1. The standard InChI is InChI=1S/C11H10ClN3/c1-2-3-4-6-14-11-10(12)9(8-13)5-7-15-11/h1,5,7H,3-4,6H2,(H,14,15). The summed E-state index contributed by atoms with van der Waals surface area (Å²) in [6.45, 7) is 0.700. The number of unbranched alkanes of at least 4 members (excludes halogenated alkanes) is 1. The zero-order valence-corrected chi connectivity index (χ0v) is 8.88. The number of terminal acetylenes is 1. The Morgan fingerprint density at radius 2 is 2.40 bits per heavy atom. The molecule has 1 N–H and O–H groups in total. The van der Waals surface area contributed by atoms with E-state index in [2.05, 4.69) is 16.2 Å². The third kappa shape index (κ3) is 3.16. The molecule has 1 rings (SSSR count). The Morgan fingerprint density at radius 3 is 3.07 bits per heavy atom. The van der Waals surface area contributed by atoms with Crippen LogP contribution < -0.4 is 5.32 Å². The van der Waals surface area contributed by atoms with E-state index < -0.39 is 0 Å². The van der Waals surface area contributed by atoms with E-state index in [0.29, 0.717) is 29.4 Å². The Morgan fingerprint density at radius 1 is 1.60 bits per heavy atom. The van der Waals surface area contributed by atoms with Gasteiger partial charge in [0.1, 0.15) is 16.9 Å². The molecule has 0 saturated carbocycles. The average Bonchev–Trinajstić information content (AvgIpc) is 2.26. The van der Waals surface area contributed by atoms with Crippen molar-refractivity contribution < 1.29 is 0 Å².